The van der Waals surface area contributed by atoms with Crippen LogP contribution in [0.5, 0.6) is 0 Å². The van der Waals surface area contributed by atoms with Crippen LogP contribution in [0.1, 0.15) is 34.1 Å². The second-order valence-corrected chi connectivity index (χ2v) is 4.85. The zero-order valence-electron chi connectivity index (χ0n) is 9.92. The summed E-state index contributed by atoms with van der Waals surface area (Å²) < 4.78 is 0. The van der Waals surface area contributed by atoms with E-state index >= 15 is 0 Å². The standard InChI is InChI=1S/C11H24N2S/c1-5-13(7-6-9(2)3)8-10(4)11(12)14/h9-10H,5-8H2,1-4H3,(H2,12,14). The van der Waals surface area contributed by atoms with E-state index in [4.69, 9.17) is 18.0 Å². The highest BCUT2D eigenvalue weighted by Crippen LogP contribution is 2.05. The minimum Gasteiger partial charge on any atom is -0.393 e. The molecule has 84 valence electrons. The van der Waals surface area contributed by atoms with E-state index in [1.54, 1.807) is 0 Å². The first-order chi connectivity index (χ1) is 6.47. The molecule has 0 aromatic heterocycles. The van der Waals surface area contributed by atoms with Crippen molar-refractivity contribution in [1.82, 2.24) is 4.90 Å². The largest absolute Gasteiger partial charge is 0.393 e. The van der Waals surface area contributed by atoms with Crippen molar-refractivity contribution in [3.05, 3.63) is 0 Å². The second kappa shape index (κ2) is 7.18. The lowest BCUT2D eigenvalue weighted by Crippen LogP contribution is -2.34. The van der Waals surface area contributed by atoms with Gasteiger partial charge in [-0.2, -0.15) is 0 Å². The van der Waals surface area contributed by atoms with Gasteiger partial charge in [0.1, 0.15) is 0 Å². The average Bonchev–Trinajstić information content (AvgIpc) is 2.11. The van der Waals surface area contributed by atoms with Gasteiger partial charge in [0.05, 0.1) is 4.99 Å². The molecule has 0 aliphatic heterocycles. The molecule has 0 amide bonds. The lowest BCUT2D eigenvalue weighted by molar-refractivity contribution is 0.256. The third-order valence-electron chi connectivity index (χ3n) is 2.49. The lowest BCUT2D eigenvalue weighted by Gasteiger charge is -2.24. The quantitative estimate of drug-likeness (QED) is 0.662. The van der Waals surface area contributed by atoms with Crippen LogP contribution in [0.4, 0.5) is 0 Å². The Morgan fingerprint density at radius 1 is 1.36 bits per heavy atom. The van der Waals surface area contributed by atoms with Crippen LogP contribution in [-0.4, -0.2) is 29.5 Å². The van der Waals surface area contributed by atoms with Crippen molar-refractivity contribution in [2.24, 2.45) is 17.6 Å². The molecule has 0 bridgehead atoms. The molecule has 0 aromatic rings. The van der Waals surface area contributed by atoms with Gasteiger partial charge in [0, 0.05) is 12.5 Å². The number of rotatable bonds is 7. The highest BCUT2D eigenvalue weighted by molar-refractivity contribution is 7.80. The summed E-state index contributed by atoms with van der Waals surface area (Å²) >= 11 is 4.97. The van der Waals surface area contributed by atoms with Crippen molar-refractivity contribution in [1.29, 1.82) is 0 Å². The summed E-state index contributed by atoms with van der Waals surface area (Å²) in [5.41, 5.74) is 5.60. The number of thiocarbonyl (C=S) groups is 1. The molecule has 0 rings (SSSR count). The number of nitrogens with two attached hydrogens (primary N) is 1. The molecule has 0 aromatic carbocycles. The van der Waals surface area contributed by atoms with Gasteiger partial charge in [0.2, 0.25) is 0 Å². The maximum Gasteiger partial charge on any atom is 0.0768 e. The minimum atomic E-state index is 0.331. The molecule has 0 aliphatic rings. The molecule has 2 N–H and O–H groups in total. The topological polar surface area (TPSA) is 29.3 Å². The molecule has 1 atom stereocenters. The summed E-state index contributed by atoms with van der Waals surface area (Å²) in [5.74, 6) is 1.10. The summed E-state index contributed by atoms with van der Waals surface area (Å²) in [6, 6.07) is 0. The summed E-state index contributed by atoms with van der Waals surface area (Å²) in [4.78, 5) is 3.05. The second-order valence-electron chi connectivity index (χ2n) is 4.38. The molecule has 0 heterocycles. The first kappa shape index (κ1) is 13.8. The van der Waals surface area contributed by atoms with Crippen molar-refractivity contribution in [2.75, 3.05) is 19.6 Å². The van der Waals surface area contributed by atoms with Gasteiger partial charge in [0.25, 0.3) is 0 Å². The SMILES string of the molecule is CCN(CCC(C)C)CC(C)C(N)=S. The molecule has 14 heavy (non-hydrogen) atoms. The molecule has 2 nitrogen and oxygen atoms in total. The van der Waals surface area contributed by atoms with Crippen LogP contribution in [0, 0.1) is 11.8 Å². The van der Waals surface area contributed by atoms with Gasteiger partial charge in [-0.3, -0.25) is 0 Å². The Morgan fingerprint density at radius 2 is 1.93 bits per heavy atom. The van der Waals surface area contributed by atoms with E-state index in [9.17, 15) is 0 Å². The van der Waals surface area contributed by atoms with Crippen LogP contribution in [-0.2, 0) is 0 Å². The molecule has 0 aliphatic carbocycles. The van der Waals surface area contributed by atoms with Crippen molar-refractivity contribution in [3.63, 3.8) is 0 Å². The monoisotopic (exact) mass is 216 g/mol. The predicted octanol–water partition coefficient (Wildman–Crippen LogP) is 2.28. The number of hydrogen-bond acceptors (Lipinski definition) is 2. The third kappa shape index (κ3) is 6.33. The summed E-state index contributed by atoms with van der Waals surface area (Å²) in [5, 5.41) is 0. The molecule has 0 spiro atoms. The molecule has 3 heteroatoms. The summed E-state index contributed by atoms with van der Waals surface area (Å²) in [7, 11) is 0. The lowest BCUT2D eigenvalue weighted by atomic mass is 10.1. The Morgan fingerprint density at radius 3 is 2.29 bits per heavy atom. The minimum absolute atomic E-state index is 0.331. The Balaban J connectivity index is 3.84. The summed E-state index contributed by atoms with van der Waals surface area (Å²) in [6.07, 6.45) is 1.25. The van der Waals surface area contributed by atoms with E-state index in [2.05, 4.69) is 32.6 Å². The fraction of sp³-hybridized carbons (Fsp3) is 0.909. The van der Waals surface area contributed by atoms with Crippen LogP contribution >= 0.6 is 12.2 Å². The van der Waals surface area contributed by atoms with Gasteiger partial charge in [-0.15, -0.1) is 0 Å². The van der Waals surface area contributed by atoms with Gasteiger partial charge >= 0.3 is 0 Å². The van der Waals surface area contributed by atoms with E-state index < -0.39 is 0 Å². The molecular weight excluding hydrogens is 192 g/mol. The Bertz CT molecular complexity index is 169. The smallest absolute Gasteiger partial charge is 0.0768 e. The fourth-order valence-electron chi connectivity index (χ4n) is 1.30. The Kier molecular flexibility index (Phi) is 7.11. The van der Waals surface area contributed by atoms with Gasteiger partial charge < -0.3 is 10.6 Å². The molecule has 0 fully saturated rings. The van der Waals surface area contributed by atoms with Crippen LogP contribution < -0.4 is 5.73 Å². The van der Waals surface area contributed by atoms with Crippen molar-refractivity contribution >= 4 is 17.2 Å². The zero-order chi connectivity index (χ0) is 11.1. The maximum absolute atomic E-state index is 5.60. The van der Waals surface area contributed by atoms with Crippen LogP contribution in [0.3, 0.4) is 0 Å². The molecule has 1 unspecified atom stereocenters. The fourth-order valence-corrected chi connectivity index (χ4v) is 1.37. The van der Waals surface area contributed by atoms with Crippen LogP contribution in [0.15, 0.2) is 0 Å². The van der Waals surface area contributed by atoms with Gasteiger partial charge in [-0.25, -0.2) is 0 Å². The highest BCUT2D eigenvalue weighted by atomic mass is 32.1. The summed E-state index contributed by atoms with van der Waals surface area (Å²) in [6.45, 7) is 12.0. The highest BCUT2D eigenvalue weighted by Gasteiger charge is 2.10. The van der Waals surface area contributed by atoms with Crippen LogP contribution in [0.25, 0.3) is 0 Å². The first-order valence-corrected chi connectivity index (χ1v) is 5.89. The Labute approximate surface area is 93.8 Å². The van der Waals surface area contributed by atoms with E-state index in [1.807, 2.05) is 0 Å². The maximum atomic E-state index is 5.60. The zero-order valence-corrected chi connectivity index (χ0v) is 10.7. The van der Waals surface area contributed by atoms with Gasteiger partial charge in [-0.1, -0.05) is 39.9 Å². The normalized spacial score (nSPS) is 13.6. The van der Waals surface area contributed by atoms with Crippen molar-refractivity contribution < 1.29 is 0 Å². The van der Waals surface area contributed by atoms with Crippen molar-refractivity contribution in [3.8, 4) is 0 Å². The predicted molar refractivity (Wildman–Crippen MR) is 67.5 cm³/mol. The molecule has 0 saturated heterocycles. The molecule has 0 radical (unpaired) electrons. The van der Waals surface area contributed by atoms with E-state index in [0.29, 0.717) is 10.9 Å². The van der Waals surface area contributed by atoms with Crippen molar-refractivity contribution in [2.45, 2.75) is 34.1 Å². The number of hydrogen-bond donors (Lipinski definition) is 1. The van der Waals surface area contributed by atoms with Crippen LogP contribution in [0.2, 0.25) is 0 Å². The van der Waals surface area contributed by atoms with E-state index in [-0.39, 0.29) is 0 Å². The number of nitrogens with zero attached hydrogens (tertiary/aromatic N) is 1. The van der Waals surface area contributed by atoms with Gasteiger partial charge in [-0.05, 0) is 25.4 Å². The Hall–Kier alpha value is -0.150. The molecule has 0 saturated carbocycles. The average molecular weight is 216 g/mol. The third-order valence-corrected chi connectivity index (χ3v) is 2.89. The van der Waals surface area contributed by atoms with Gasteiger partial charge in [0.15, 0.2) is 0 Å². The first-order valence-electron chi connectivity index (χ1n) is 5.49. The van der Waals surface area contributed by atoms with E-state index in [0.717, 1.165) is 25.6 Å². The van der Waals surface area contributed by atoms with E-state index in [1.165, 1.54) is 6.42 Å². The molecular formula is C11H24N2S.